The Labute approximate surface area is 100.0 Å². The van der Waals surface area contributed by atoms with Crippen LogP contribution >= 0.6 is 0 Å². The first-order valence-corrected chi connectivity index (χ1v) is 5.98. The molecule has 2 N–H and O–H groups in total. The molecule has 1 saturated carbocycles. The SMILES string of the molecule is Cc1cc(C2(CN)CCC(F)(F)CC2)nn1C. The Morgan fingerprint density at radius 1 is 1.35 bits per heavy atom. The third-order valence-electron chi connectivity index (χ3n) is 3.99. The fourth-order valence-electron chi connectivity index (χ4n) is 2.48. The standard InChI is InChI=1S/C12H19F2N3/c1-9-7-10(16-17(9)2)11(8-15)3-5-12(13,14)6-4-11/h7H,3-6,8,15H2,1-2H3. The molecule has 2 rings (SSSR count). The van der Waals surface area contributed by atoms with Gasteiger partial charge >= 0.3 is 0 Å². The summed E-state index contributed by atoms with van der Waals surface area (Å²) in [5.74, 6) is -2.53. The second kappa shape index (κ2) is 4.05. The van der Waals surface area contributed by atoms with Gasteiger partial charge in [0.2, 0.25) is 5.92 Å². The van der Waals surface area contributed by atoms with Crippen LogP contribution in [0.4, 0.5) is 8.78 Å². The van der Waals surface area contributed by atoms with Gasteiger partial charge in [0.1, 0.15) is 0 Å². The van der Waals surface area contributed by atoms with E-state index < -0.39 is 5.92 Å². The van der Waals surface area contributed by atoms with E-state index in [1.165, 1.54) is 0 Å². The van der Waals surface area contributed by atoms with E-state index in [1.54, 1.807) is 4.68 Å². The summed E-state index contributed by atoms with van der Waals surface area (Å²) < 4.78 is 28.2. The Morgan fingerprint density at radius 3 is 2.35 bits per heavy atom. The Balaban J connectivity index is 2.27. The minimum absolute atomic E-state index is 0.0835. The van der Waals surface area contributed by atoms with E-state index in [-0.39, 0.29) is 18.3 Å². The summed E-state index contributed by atoms with van der Waals surface area (Å²) in [5.41, 5.74) is 7.37. The summed E-state index contributed by atoms with van der Waals surface area (Å²) >= 11 is 0. The average molecular weight is 243 g/mol. The molecular weight excluding hydrogens is 224 g/mol. The van der Waals surface area contributed by atoms with Gasteiger partial charge in [0.05, 0.1) is 5.69 Å². The summed E-state index contributed by atoms with van der Waals surface area (Å²) in [7, 11) is 1.86. The van der Waals surface area contributed by atoms with E-state index in [2.05, 4.69) is 5.10 Å². The highest BCUT2D eigenvalue weighted by molar-refractivity contribution is 5.21. The molecule has 1 fully saturated rings. The van der Waals surface area contributed by atoms with Crippen LogP contribution in [0.15, 0.2) is 6.07 Å². The molecule has 0 radical (unpaired) electrons. The molecule has 1 aliphatic carbocycles. The normalized spacial score (nSPS) is 22.6. The van der Waals surface area contributed by atoms with Crippen molar-refractivity contribution in [1.29, 1.82) is 0 Å². The van der Waals surface area contributed by atoms with Crippen LogP contribution in [0.5, 0.6) is 0 Å². The molecule has 1 heterocycles. The fourth-order valence-corrected chi connectivity index (χ4v) is 2.48. The Bertz CT molecular complexity index is 382. The molecule has 1 aromatic rings. The number of aryl methyl sites for hydroxylation is 2. The van der Waals surface area contributed by atoms with Gasteiger partial charge in [-0.05, 0) is 25.8 Å². The summed E-state index contributed by atoms with van der Waals surface area (Å²) in [6.07, 6.45) is 0.680. The number of halogens is 2. The van der Waals surface area contributed by atoms with Crippen LogP contribution in [0.2, 0.25) is 0 Å². The molecule has 0 unspecified atom stereocenters. The van der Waals surface area contributed by atoms with Crippen molar-refractivity contribution in [3.8, 4) is 0 Å². The Hall–Kier alpha value is -0.970. The third kappa shape index (κ3) is 2.20. The number of hydrogen-bond donors (Lipinski definition) is 1. The highest BCUT2D eigenvalue weighted by Crippen LogP contribution is 2.44. The van der Waals surface area contributed by atoms with Gasteiger partial charge in [-0.2, -0.15) is 5.10 Å². The van der Waals surface area contributed by atoms with Gasteiger partial charge in [0.25, 0.3) is 0 Å². The zero-order chi connectivity index (χ0) is 12.7. The highest BCUT2D eigenvalue weighted by atomic mass is 19.3. The molecule has 1 aliphatic rings. The molecule has 5 heteroatoms. The average Bonchev–Trinajstić information content (AvgIpc) is 2.61. The van der Waals surface area contributed by atoms with Crippen molar-refractivity contribution in [2.75, 3.05) is 6.54 Å². The van der Waals surface area contributed by atoms with Crippen LogP contribution < -0.4 is 5.73 Å². The number of nitrogens with two attached hydrogens (primary N) is 1. The largest absolute Gasteiger partial charge is 0.330 e. The van der Waals surface area contributed by atoms with Crippen molar-refractivity contribution in [3.63, 3.8) is 0 Å². The van der Waals surface area contributed by atoms with Crippen molar-refractivity contribution in [1.82, 2.24) is 9.78 Å². The van der Waals surface area contributed by atoms with Gasteiger partial charge in [0, 0.05) is 37.5 Å². The van der Waals surface area contributed by atoms with Crippen LogP contribution in [0.3, 0.4) is 0 Å². The van der Waals surface area contributed by atoms with E-state index in [0.717, 1.165) is 11.4 Å². The van der Waals surface area contributed by atoms with Crippen molar-refractivity contribution >= 4 is 0 Å². The molecule has 0 atom stereocenters. The molecule has 1 aromatic heterocycles. The van der Waals surface area contributed by atoms with E-state index in [0.29, 0.717) is 19.4 Å². The molecule has 0 aromatic carbocycles. The van der Waals surface area contributed by atoms with Crippen LogP contribution in [0.1, 0.15) is 37.1 Å². The van der Waals surface area contributed by atoms with E-state index >= 15 is 0 Å². The van der Waals surface area contributed by atoms with E-state index in [1.807, 2.05) is 20.0 Å². The minimum atomic E-state index is -2.53. The quantitative estimate of drug-likeness (QED) is 0.864. The van der Waals surface area contributed by atoms with Crippen molar-refractivity contribution < 1.29 is 8.78 Å². The summed E-state index contributed by atoms with van der Waals surface area (Å²) in [5, 5.41) is 4.42. The first-order valence-electron chi connectivity index (χ1n) is 5.98. The number of hydrogen-bond acceptors (Lipinski definition) is 2. The van der Waals surface area contributed by atoms with Crippen LogP contribution in [-0.4, -0.2) is 22.2 Å². The maximum absolute atomic E-state index is 13.2. The lowest BCUT2D eigenvalue weighted by Crippen LogP contribution is -2.42. The zero-order valence-electron chi connectivity index (χ0n) is 10.3. The van der Waals surface area contributed by atoms with Gasteiger partial charge in [-0.25, -0.2) is 8.78 Å². The molecule has 0 bridgehead atoms. The van der Waals surface area contributed by atoms with E-state index in [4.69, 9.17) is 5.73 Å². The van der Waals surface area contributed by atoms with Crippen LogP contribution in [0.25, 0.3) is 0 Å². The van der Waals surface area contributed by atoms with E-state index in [9.17, 15) is 8.78 Å². The molecule has 0 aliphatic heterocycles. The number of aromatic nitrogens is 2. The predicted molar refractivity (Wildman–Crippen MR) is 62.1 cm³/mol. The molecule has 0 amide bonds. The van der Waals surface area contributed by atoms with Crippen molar-refractivity contribution in [3.05, 3.63) is 17.5 Å². The van der Waals surface area contributed by atoms with Gasteiger partial charge in [-0.15, -0.1) is 0 Å². The van der Waals surface area contributed by atoms with Gasteiger partial charge < -0.3 is 5.73 Å². The second-order valence-electron chi connectivity index (χ2n) is 5.13. The van der Waals surface area contributed by atoms with Crippen LogP contribution in [-0.2, 0) is 12.5 Å². The monoisotopic (exact) mass is 243 g/mol. The lowest BCUT2D eigenvalue weighted by molar-refractivity contribution is -0.0514. The van der Waals surface area contributed by atoms with Gasteiger partial charge in [0.15, 0.2) is 0 Å². The zero-order valence-corrected chi connectivity index (χ0v) is 10.3. The summed E-state index contributed by atoms with van der Waals surface area (Å²) in [6, 6.07) is 1.97. The minimum Gasteiger partial charge on any atom is -0.330 e. The van der Waals surface area contributed by atoms with Crippen LogP contribution in [0, 0.1) is 6.92 Å². The summed E-state index contributed by atoms with van der Waals surface area (Å²) in [4.78, 5) is 0. The molecule has 0 spiro atoms. The lowest BCUT2D eigenvalue weighted by atomic mass is 9.70. The first-order chi connectivity index (χ1) is 7.88. The third-order valence-corrected chi connectivity index (χ3v) is 3.99. The predicted octanol–water partition coefficient (Wildman–Crippen LogP) is 2.13. The maximum Gasteiger partial charge on any atom is 0.248 e. The fraction of sp³-hybridized carbons (Fsp3) is 0.750. The number of rotatable bonds is 2. The second-order valence-corrected chi connectivity index (χ2v) is 5.13. The Kier molecular flexibility index (Phi) is 2.97. The van der Waals surface area contributed by atoms with Gasteiger partial charge in [-0.3, -0.25) is 4.68 Å². The molecule has 3 nitrogen and oxygen atoms in total. The number of nitrogens with zero attached hydrogens (tertiary/aromatic N) is 2. The summed E-state index contributed by atoms with van der Waals surface area (Å²) in [6.45, 7) is 2.34. The topological polar surface area (TPSA) is 43.8 Å². The number of alkyl halides is 2. The molecule has 96 valence electrons. The van der Waals surface area contributed by atoms with Crippen molar-refractivity contribution in [2.45, 2.75) is 43.9 Å². The maximum atomic E-state index is 13.2. The van der Waals surface area contributed by atoms with Crippen molar-refractivity contribution in [2.24, 2.45) is 12.8 Å². The highest BCUT2D eigenvalue weighted by Gasteiger charge is 2.44. The molecule has 0 saturated heterocycles. The molecular formula is C12H19F2N3. The Morgan fingerprint density at radius 2 is 1.94 bits per heavy atom. The smallest absolute Gasteiger partial charge is 0.248 e. The molecule has 17 heavy (non-hydrogen) atoms. The van der Waals surface area contributed by atoms with Gasteiger partial charge in [-0.1, -0.05) is 0 Å². The lowest BCUT2D eigenvalue weighted by Gasteiger charge is -2.38. The first kappa shape index (κ1) is 12.5.